The van der Waals surface area contributed by atoms with Gasteiger partial charge >= 0.3 is 0 Å². The fourth-order valence-electron chi connectivity index (χ4n) is 2.18. The third-order valence-electron chi connectivity index (χ3n) is 2.98. The van der Waals surface area contributed by atoms with Crippen molar-refractivity contribution in [1.29, 1.82) is 0 Å². The number of halogens is 1. The number of hydrogen-bond donors (Lipinski definition) is 1. The molecule has 0 aromatic carbocycles. The summed E-state index contributed by atoms with van der Waals surface area (Å²) >= 11 is 3.50. The largest absolute Gasteiger partial charge is 0.316 e. The van der Waals surface area contributed by atoms with Gasteiger partial charge in [0.05, 0.1) is 0 Å². The molecule has 2 aromatic rings. The summed E-state index contributed by atoms with van der Waals surface area (Å²) in [5, 5.41) is 3.39. The lowest BCUT2D eigenvalue weighted by molar-refractivity contribution is 0.726. The van der Waals surface area contributed by atoms with Crippen LogP contribution in [0.1, 0.15) is 18.0 Å². The van der Waals surface area contributed by atoms with Gasteiger partial charge in [0.15, 0.2) is 0 Å². The third-order valence-corrected chi connectivity index (χ3v) is 3.45. The molecular formula is C11H12BrN3. The fourth-order valence-corrected chi connectivity index (χ4v) is 2.52. The standard InChI is InChI=1S/C11H12BrN3/c12-9-1-2-11-14-6-10(15(11)7-9)8-3-4-13-5-8/h1-2,6-8,13H,3-5H2. The van der Waals surface area contributed by atoms with E-state index in [1.165, 1.54) is 12.1 Å². The van der Waals surface area contributed by atoms with Crippen LogP contribution in [0.15, 0.2) is 29.0 Å². The lowest BCUT2D eigenvalue weighted by Gasteiger charge is -2.07. The van der Waals surface area contributed by atoms with E-state index in [1.54, 1.807) is 0 Å². The number of rotatable bonds is 1. The first kappa shape index (κ1) is 9.36. The van der Waals surface area contributed by atoms with Crippen molar-refractivity contribution in [3.63, 3.8) is 0 Å². The third kappa shape index (κ3) is 1.58. The minimum Gasteiger partial charge on any atom is -0.316 e. The molecule has 15 heavy (non-hydrogen) atoms. The zero-order valence-corrected chi connectivity index (χ0v) is 9.87. The summed E-state index contributed by atoms with van der Waals surface area (Å²) in [5.74, 6) is 0.606. The fraction of sp³-hybridized carbons (Fsp3) is 0.364. The molecule has 3 heterocycles. The zero-order valence-electron chi connectivity index (χ0n) is 8.28. The Labute approximate surface area is 96.6 Å². The number of hydrogen-bond acceptors (Lipinski definition) is 2. The van der Waals surface area contributed by atoms with Crippen LogP contribution in [0.4, 0.5) is 0 Å². The van der Waals surface area contributed by atoms with Crippen LogP contribution in [0.2, 0.25) is 0 Å². The molecule has 3 nitrogen and oxygen atoms in total. The van der Waals surface area contributed by atoms with Crippen LogP contribution in [0.5, 0.6) is 0 Å². The molecule has 4 heteroatoms. The molecule has 0 spiro atoms. The second kappa shape index (κ2) is 3.61. The first-order valence-electron chi connectivity index (χ1n) is 5.18. The van der Waals surface area contributed by atoms with Crippen LogP contribution in [0, 0.1) is 0 Å². The van der Waals surface area contributed by atoms with Crippen LogP contribution in [0.3, 0.4) is 0 Å². The second-order valence-corrected chi connectivity index (χ2v) is 4.86. The molecule has 1 N–H and O–H groups in total. The smallest absolute Gasteiger partial charge is 0.136 e. The van der Waals surface area contributed by atoms with Crippen LogP contribution in [-0.2, 0) is 0 Å². The Hall–Kier alpha value is -0.870. The van der Waals surface area contributed by atoms with E-state index in [2.05, 4.69) is 36.8 Å². The van der Waals surface area contributed by atoms with Crippen molar-refractivity contribution in [3.8, 4) is 0 Å². The van der Waals surface area contributed by atoms with Crippen LogP contribution >= 0.6 is 15.9 Å². The molecule has 0 saturated carbocycles. The van der Waals surface area contributed by atoms with Gasteiger partial charge in [-0.2, -0.15) is 0 Å². The van der Waals surface area contributed by atoms with Gasteiger partial charge in [-0.15, -0.1) is 0 Å². The molecule has 0 amide bonds. The van der Waals surface area contributed by atoms with E-state index in [9.17, 15) is 0 Å². The SMILES string of the molecule is Brc1ccc2ncc(C3CCNC3)n2c1. The molecule has 1 atom stereocenters. The average Bonchev–Trinajstić information content (AvgIpc) is 2.83. The highest BCUT2D eigenvalue weighted by Gasteiger charge is 2.19. The summed E-state index contributed by atoms with van der Waals surface area (Å²) in [5.41, 5.74) is 2.34. The van der Waals surface area contributed by atoms with Gasteiger partial charge in [-0.3, -0.25) is 0 Å². The normalized spacial score (nSPS) is 21.3. The summed E-state index contributed by atoms with van der Waals surface area (Å²) in [6, 6.07) is 4.06. The number of imidazole rings is 1. The number of pyridine rings is 1. The summed E-state index contributed by atoms with van der Waals surface area (Å²) < 4.78 is 3.28. The molecule has 0 aliphatic carbocycles. The number of aromatic nitrogens is 2. The second-order valence-electron chi connectivity index (χ2n) is 3.95. The predicted octanol–water partition coefficient (Wildman–Crippen LogP) is 2.17. The van der Waals surface area contributed by atoms with Gasteiger partial charge in [0.25, 0.3) is 0 Å². The summed E-state index contributed by atoms with van der Waals surface area (Å²) in [4.78, 5) is 4.42. The minimum atomic E-state index is 0.606. The number of nitrogens with one attached hydrogen (secondary N) is 1. The van der Waals surface area contributed by atoms with Gasteiger partial charge in [-0.05, 0) is 41.0 Å². The van der Waals surface area contributed by atoms with Crippen molar-refractivity contribution >= 4 is 21.6 Å². The van der Waals surface area contributed by atoms with Crippen LogP contribution < -0.4 is 5.32 Å². The first-order chi connectivity index (χ1) is 7.34. The van der Waals surface area contributed by atoms with E-state index in [4.69, 9.17) is 0 Å². The van der Waals surface area contributed by atoms with Crippen LogP contribution in [-0.4, -0.2) is 22.5 Å². The molecule has 0 radical (unpaired) electrons. The summed E-state index contributed by atoms with van der Waals surface area (Å²) in [7, 11) is 0. The molecule has 1 unspecified atom stereocenters. The molecule has 2 aromatic heterocycles. The van der Waals surface area contributed by atoms with E-state index in [-0.39, 0.29) is 0 Å². The maximum Gasteiger partial charge on any atom is 0.136 e. The average molecular weight is 266 g/mol. The molecule has 0 bridgehead atoms. The highest BCUT2D eigenvalue weighted by molar-refractivity contribution is 9.10. The molecule has 1 fully saturated rings. The van der Waals surface area contributed by atoms with Gasteiger partial charge in [0.2, 0.25) is 0 Å². The highest BCUT2D eigenvalue weighted by atomic mass is 79.9. The van der Waals surface area contributed by atoms with Crippen molar-refractivity contribution in [2.24, 2.45) is 0 Å². The molecular weight excluding hydrogens is 254 g/mol. The molecule has 1 aliphatic rings. The Kier molecular flexibility index (Phi) is 2.25. The van der Waals surface area contributed by atoms with E-state index in [0.717, 1.165) is 23.2 Å². The first-order valence-corrected chi connectivity index (χ1v) is 5.97. The lowest BCUT2D eigenvalue weighted by atomic mass is 10.1. The molecule has 1 saturated heterocycles. The summed E-state index contributed by atoms with van der Waals surface area (Å²) in [6.07, 6.45) is 5.30. The maximum atomic E-state index is 4.42. The Morgan fingerprint density at radius 3 is 3.20 bits per heavy atom. The van der Waals surface area contributed by atoms with Crippen molar-refractivity contribution in [2.75, 3.05) is 13.1 Å². The number of nitrogens with zero attached hydrogens (tertiary/aromatic N) is 2. The monoisotopic (exact) mass is 265 g/mol. The van der Waals surface area contributed by atoms with Crippen molar-refractivity contribution < 1.29 is 0 Å². The molecule has 78 valence electrons. The Morgan fingerprint density at radius 1 is 1.47 bits per heavy atom. The van der Waals surface area contributed by atoms with E-state index >= 15 is 0 Å². The van der Waals surface area contributed by atoms with E-state index in [0.29, 0.717) is 5.92 Å². The molecule has 3 rings (SSSR count). The zero-order chi connectivity index (χ0) is 10.3. The summed E-state index contributed by atoms with van der Waals surface area (Å²) in [6.45, 7) is 2.19. The van der Waals surface area contributed by atoms with E-state index < -0.39 is 0 Å². The lowest BCUT2D eigenvalue weighted by Crippen LogP contribution is -2.09. The number of fused-ring (bicyclic) bond motifs is 1. The van der Waals surface area contributed by atoms with Crippen molar-refractivity contribution in [2.45, 2.75) is 12.3 Å². The van der Waals surface area contributed by atoms with E-state index in [1.807, 2.05) is 18.3 Å². The van der Waals surface area contributed by atoms with Gasteiger partial charge in [0.1, 0.15) is 5.65 Å². The maximum absolute atomic E-state index is 4.42. The van der Waals surface area contributed by atoms with Gasteiger partial charge in [0, 0.05) is 35.0 Å². The Balaban J connectivity index is 2.13. The minimum absolute atomic E-state index is 0.606. The topological polar surface area (TPSA) is 29.3 Å². The Morgan fingerprint density at radius 2 is 2.40 bits per heavy atom. The van der Waals surface area contributed by atoms with Gasteiger partial charge in [-0.25, -0.2) is 4.98 Å². The van der Waals surface area contributed by atoms with Gasteiger partial charge < -0.3 is 9.72 Å². The van der Waals surface area contributed by atoms with Crippen LogP contribution in [0.25, 0.3) is 5.65 Å². The quantitative estimate of drug-likeness (QED) is 0.857. The highest BCUT2D eigenvalue weighted by Crippen LogP contribution is 2.24. The Bertz CT molecular complexity index is 486. The molecule has 1 aliphatic heterocycles. The van der Waals surface area contributed by atoms with Crippen molar-refractivity contribution in [3.05, 3.63) is 34.7 Å². The predicted molar refractivity (Wildman–Crippen MR) is 63.1 cm³/mol. The van der Waals surface area contributed by atoms with Crippen molar-refractivity contribution in [1.82, 2.24) is 14.7 Å². The van der Waals surface area contributed by atoms with Gasteiger partial charge in [-0.1, -0.05) is 0 Å².